The highest BCUT2D eigenvalue weighted by atomic mass is 35.5. The van der Waals surface area contributed by atoms with Crippen molar-refractivity contribution in [3.8, 4) is 0 Å². The fourth-order valence-corrected chi connectivity index (χ4v) is 2.20. The van der Waals surface area contributed by atoms with Gasteiger partial charge in [0.05, 0.1) is 0 Å². The highest BCUT2D eigenvalue weighted by Crippen LogP contribution is 2.18. The molecule has 0 aromatic heterocycles. The molecule has 0 aromatic carbocycles. The van der Waals surface area contributed by atoms with E-state index in [9.17, 15) is 4.21 Å². The molecule has 1 rings (SSSR count). The van der Waals surface area contributed by atoms with Crippen LogP contribution in [0.25, 0.3) is 0 Å². The van der Waals surface area contributed by atoms with Crippen molar-refractivity contribution in [3.63, 3.8) is 0 Å². The highest BCUT2D eigenvalue weighted by molar-refractivity contribution is 7.87. The van der Waals surface area contributed by atoms with Crippen molar-refractivity contribution >= 4 is 22.4 Å². The van der Waals surface area contributed by atoms with Gasteiger partial charge >= 0.3 is 0 Å². The van der Waals surface area contributed by atoms with Crippen LogP contribution in [-0.4, -0.2) is 14.7 Å². The molecule has 1 aliphatic rings. The van der Waals surface area contributed by atoms with Gasteiger partial charge in [0.2, 0.25) is 0 Å². The van der Waals surface area contributed by atoms with Crippen molar-refractivity contribution in [2.24, 2.45) is 0 Å². The minimum Gasteiger partial charge on any atom is -0.258 e. The number of hydrogen-bond acceptors (Lipinski definition) is 1. The van der Waals surface area contributed by atoms with Gasteiger partial charge in [-0.25, -0.2) is 0 Å². The number of halogens is 1. The molecule has 0 N–H and O–H groups in total. The van der Waals surface area contributed by atoms with Crippen LogP contribution in [0.5, 0.6) is 0 Å². The van der Waals surface area contributed by atoms with E-state index in [0.717, 1.165) is 18.6 Å². The van der Waals surface area contributed by atoms with Gasteiger partial charge in [-0.15, -0.1) is 11.6 Å². The molecule has 0 aliphatic carbocycles. The van der Waals surface area contributed by atoms with Crippen molar-refractivity contribution in [1.29, 1.82) is 0 Å². The van der Waals surface area contributed by atoms with E-state index in [1.54, 1.807) is 0 Å². The van der Waals surface area contributed by atoms with Crippen molar-refractivity contribution in [2.75, 3.05) is 5.75 Å². The van der Waals surface area contributed by atoms with Gasteiger partial charge in [0.25, 0.3) is 0 Å². The largest absolute Gasteiger partial charge is 0.258 e. The zero-order chi connectivity index (χ0) is 5.28. The van der Waals surface area contributed by atoms with E-state index >= 15 is 0 Å². The minimum absolute atomic E-state index is 0.0417. The summed E-state index contributed by atoms with van der Waals surface area (Å²) in [6.45, 7) is 0. The molecule has 42 valence electrons. The summed E-state index contributed by atoms with van der Waals surface area (Å²) in [4.78, 5) is 0. The Labute approximate surface area is 50.5 Å². The molecule has 0 spiro atoms. The third-order valence-corrected chi connectivity index (χ3v) is 3.37. The Morgan fingerprint density at radius 2 is 2.43 bits per heavy atom. The van der Waals surface area contributed by atoms with Gasteiger partial charge in [-0.05, 0) is 12.8 Å². The Kier molecular flexibility index (Phi) is 1.70. The maximum Gasteiger partial charge on any atom is 0.109 e. The summed E-state index contributed by atoms with van der Waals surface area (Å²) in [6, 6.07) is 0. The molecule has 7 heavy (non-hydrogen) atoms. The third kappa shape index (κ3) is 1.16. The molecule has 1 unspecified atom stereocenters. The average molecular weight is 139 g/mol. The van der Waals surface area contributed by atoms with E-state index in [-0.39, 0.29) is 4.71 Å². The summed E-state index contributed by atoms with van der Waals surface area (Å²) in [5.41, 5.74) is 0. The summed E-state index contributed by atoms with van der Waals surface area (Å²) < 4.78 is 10.5. The molecule has 1 heterocycles. The van der Waals surface area contributed by atoms with Gasteiger partial charge in [-0.1, -0.05) is 0 Å². The Morgan fingerprint density at radius 1 is 1.71 bits per heavy atom. The van der Waals surface area contributed by atoms with Crippen LogP contribution in [0, 0.1) is 0 Å². The topological polar surface area (TPSA) is 17.1 Å². The fourth-order valence-electron chi connectivity index (χ4n) is 0.645. The van der Waals surface area contributed by atoms with Crippen LogP contribution in [-0.2, 0) is 10.8 Å². The van der Waals surface area contributed by atoms with Crippen LogP contribution in [0.15, 0.2) is 0 Å². The lowest BCUT2D eigenvalue weighted by atomic mass is 10.4. The van der Waals surface area contributed by atoms with Crippen molar-refractivity contribution in [2.45, 2.75) is 17.6 Å². The van der Waals surface area contributed by atoms with Crippen molar-refractivity contribution in [1.82, 2.24) is 0 Å². The summed E-state index contributed by atoms with van der Waals surface area (Å²) >= 11 is 5.56. The van der Waals surface area contributed by atoms with Gasteiger partial charge in [-0.2, -0.15) is 0 Å². The van der Waals surface area contributed by atoms with Gasteiger partial charge in [0.1, 0.15) is 4.71 Å². The Morgan fingerprint density at radius 3 is 2.57 bits per heavy atom. The first-order valence-corrected chi connectivity index (χ1v) is 4.14. The van der Waals surface area contributed by atoms with E-state index in [2.05, 4.69) is 0 Å². The lowest BCUT2D eigenvalue weighted by Crippen LogP contribution is -1.97. The second-order valence-electron chi connectivity index (χ2n) is 1.64. The molecule has 1 fully saturated rings. The van der Waals surface area contributed by atoms with Gasteiger partial charge in [0, 0.05) is 16.6 Å². The molecule has 1 aliphatic heterocycles. The lowest BCUT2D eigenvalue weighted by Gasteiger charge is -1.89. The highest BCUT2D eigenvalue weighted by Gasteiger charge is 2.19. The SMILES string of the molecule is O=S1CCC[C@H]1Cl. The predicted molar refractivity (Wildman–Crippen MR) is 31.9 cm³/mol. The first kappa shape index (κ1) is 5.57. The summed E-state index contributed by atoms with van der Waals surface area (Å²) in [6.07, 6.45) is 1.98. The third-order valence-electron chi connectivity index (χ3n) is 1.06. The smallest absolute Gasteiger partial charge is 0.109 e. The van der Waals surface area contributed by atoms with E-state index < -0.39 is 10.8 Å². The maximum atomic E-state index is 10.6. The van der Waals surface area contributed by atoms with Crippen LogP contribution in [0.1, 0.15) is 12.8 Å². The molecule has 0 saturated carbocycles. The number of rotatable bonds is 0. The zero-order valence-corrected chi connectivity index (χ0v) is 5.47. The molecular weight excluding hydrogens is 132 g/mol. The minimum atomic E-state index is -0.702. The molecule has 1 nitrogen and oxygen atoms in total. The Hall–Kier alpha value is 0.440. The standard InChI is InChI=1S/C4H7ClOS/c5-4-2-1-3-7(4)6/h4H,1-3H2/t4-,7?/m0/s1. The first-order chi connectivity index (χ1) is 3.30. The van der Waals surface area contributed by atoms with Crippen molar-refractivity contribution < 1.29 is 4.21 Å². The molecule has 0 aromatic rings. The van der Waals surface area contributed by atoms with Gasteiger partial charge in [0.15, 0.2) is 0 Å². The van der Waals surface area contributed by atoms with E-state index in [1.165, 1.54) is 0 Å². The maximum absolute atomic E-state index is 10.6. The lowest BCUT2D eigenvalue weighted by molar-refractivity contribution is 0.685. The quantitative estimate of drug-likeness (QED) is 0.458. The zero-order valence-electron chi connectivity index (χ0n) is 3.89. The molecule has 3 heteroatoms. The Balaban J connectivity index is 2.48. The van der Waals surface area contributed by atoms with Crippen molar-refractivity contribution in [3.05, 3.63) is 0 Å². The van der Waals surface area contributed by atoms with Gasteiger partial charge in [-0.3, -0.25) is 4.21 Å². The van der Waals surface area contributed by atoms with Crippen LogP contribution >= 0.6 is 11.6 Å². The van der Waals surface area contributed by atoms with Crippen LogP contribution < -0.4 is 0 Å². The van der Waals surface area contributed by atoms with E-state index in [4.69, 9.17) is 11.6 Å². The monoisotopic (exact) mass is 138 g/mol. The fraction of sp³-hybridized carbons (Fsp3) is 1.00. The summed E-state index contributed by atoms with van der Waals surface area (Å²) in [7, 11) is -0.702. The first-order valence-electron chi connectivity index (χ1n) is 2.32. The Bertz CT molecular complexity index is 93.7. The van der Waals surface area contributed by atoms with E-state index in [1.807, 2.05) is 0 Å². The molecule has 2 atom stereocenters. The second-order valence-corrected chi connectivity index (χ2v) is 4.16. The summed E-state index contributed by atoms with van der Waals surface area (Å²) in [5.74, 6) is 0.814. The number of alkyl halides is 1. The average Bonchev–Trinajstić information content (AvgIpc) is 1.91. The molecule has 1 saturated heterocycles. The summed E-state index contributed by atoms with van der Waals surface area (Å²) in [5, 5.41) is 0. The normalized spacial score (nSPS) is 41.9. The number of hydrogen-bond donors (Lipinski definition) is 0. The van der Waals surface area contributed by atoms with E-state index in [0.29, 0.717) is 0 Å². The van der Waals surface area contributed by atoms with Crippen LogP contribution in [0.4, 0.5) is 0 Å². The molecule has 0 radical (unpaired) electrons. The van der Waals surface area contributed by atoms with Crippen LogP contribution in [0.3, 0.4) is 0 Å². The molecular formula is C4H7ClOS. The molecule has 0 amide bonds. The second kappa shape index (κ2) is 2.14. The molecule has 0 bridgehead atoms. The van der Waals surface area contributed by atoms with Gasteiger partial charge < -0.3 is 0 Å². The van der Waals surface area contributed by atoms with Crippen LogP contribution in [0.2, 0.25) is 0 Å². The predicted octanol–water partition coefficient (Wildman–Crippen LogP) is 1.09.